The zero-order chi connectivity index (χ0) is 17.5. The summed E-state index contributed by atoms with van der Waals surface area (Å²) in [6, 6.07) is 13.3. The fourth-order valence-electron chi connectivity index (χ4n) is 1.99. The van der Waals surface area contributed by atoms with Crippen molar-refractivity contribution in [3.63, 3.8) is 0 Å². The lowest BCUT2D eigenvalue weighted by atomic mass is 10.1. The number of rotatable bonds is 5. The highest BCUT2D eigenvalue weighted by molar-refractivity contribution is 5.97. The van der Waals surface area contributed by atoms with Crippen molar-refractivity contribution in [1.29, 1.82) is 0 Å². The van der Waals surface area contributed by atoms with Gasteiger partial charge < -0.3 is 4.74 Å². The van der Waals surface area contributed by atoms with Crippen LogP contribution in [0.25, 0.3) is 0 Å². The quantitative estimate of drug-likeness (QED) is 0.499. The highest BCUT2D eigenvalue weighted by Crippen LogP contribution is 2.18. The lowest BCUT2D eigenvalue weighted by Gasteiger charge is -2.13. The number of nitrogens with one attached hydrogen (secondary N) is 1. The molecule has 0 radical (unpaired) electrons. The highest BCUT2D eigenvalue weighted by Gasteiger charge is 2.15. The van der Waals surface area contributed by atoms with Gasteiger partial charge in [-0.05, 0) is 29.8 Å². The molecule has 0 aliphatic carbocycles. The summed E-state index contributed by atoms with van der Waals surface area (Å²) in [5.41, 5.74) is 2.98. The SMILES string of the molecule is COc1ccccc1C(=O)N(C)/N=C/c1ccc(C(=O)NO)cc1. The van der Waals surface area contributed by atoms with Gasteiger partial charge in [0.1, 0.15) is 5.75 Å². The van der Waals surface area contributed by atoms with Crippen LogP contribution >= 0.6 is 0 Å². The van der Waals surface area contributed by atoms with E-state index in [1.807, 2.05) is 0 Å². The predicted molar refractivity (Wildman–Crippen MR) is 88.4 cm³/mol. The van der Waals surface area contributed by atoms with E-state index in [1.54, 1.807) is 48.9 Å². The largest absolute Gasteiger partial charge is 0.496 e. The summed E-state index contributed by atoms with van der Waals surface area (Å²) in [6.45, 7) is 0. The third-order valence-electron chi connectivity index (χ3n) is 3.29. The lowest BCUT2D eigenvalue weighted by Crippen LogP contribution is -2.22. The molecule has 0 aliphatic rings. The van der Waals surface area contributed by atoms with Gasteiger partial charge in [-0.1, -0.05) is 24.3 Å². The first-order valence-corrected chi connectivity index (χ1v) is 7.06. The summed E-state index contributed by atoms with van der Waals surface area (Å²) in [5, 5.41) is 13.9. The second-order valence-electron chi connectivity index (χ2n) is 4.84. The first-order chi connectivity index (χ1) is 11.6. The summed E-state index contributed by atoms with van der Waals surface area (Å²) in [7, 11) is 3.04. The van der Waals surface area contributed by atoms with E-state index in [4.69, 9.17) is 9.94 Å². The Bertz CT molecular complexity index is 757. The van der Waals surface area contributed by atoms with Gasteiger partial charge in [-0.3, -0.25) is 14.8 Å². The van der Waals surface area contributed by atoms with Crippen LogP contribution in [0.4, 0.5) is 0 Å². The van der Waals surface area contributed by atoms with Crippen molar-refractivity contribution in [3.8, 4) is 5.75 Å². The lowest BCUT2D eigenvalue weighted by molar-refractivity contribution is 0.0706. The first-order valence-electron chi connectivity index (χ1n) is 7.06. The van der Waals surface area contributed by atoms with Crippen molar-refractivity contribution in [3.05, 3.63) is 65.2 Å². The van der Waals surface area contributed by atoms with E-state index in [2.05, 4.69) is 5.10 Å². The van der Waals surface area contributed by atoms with Gasteiger partial charge in [-0.2, -0.15) is 5.10 Å². The van der Waals surface area contributed by atoms with Crippen molar-refractivity contribution in [1.82, 2.24) is 10.5 Å². The van der Waals surface area contributed by atoms with Crippen LogP contribution in [0.2, 0.25) is 0 Å². The number of hydroxylamine groups is 1. The molecule has 2 aromatic carbocycles. The van der Waals surface area contributed by atoms with E-state index >= 15 is 0 Å². The molecule has 0 saturated heterocycles. The molecule has 124 valence electrons. The predicted octanol–water partition coefficient (Wildman–Crippen LogP) is 1.92. The Hall–Kier alpha value is -3.19. The molecule has 2 aromatic rings. The van der Waals surface area contributed by atoms with Crippen LogP contribution in [0, 0.1) is 0 Å². The van der Waals surface area contributed by atoms with Crippen LogP contribution in [0.15, 0.2) is 53.6 Å². The number of hydrogen-bond donors (Lipinski definition) is 2. The average molecular weight is 327 g/mol. The minimum absolute atomic E-state index is 0.306. The molecule has 0 aromatic heterocycles. The number of carbonyl (C=O) groups is 2. The Balaban J connectivity index is 2.10. The average Bonchev–Trinajstić information content (AvgIpc) is 2.65. The normalized spacial score (nSPS) is 10.5. The zero-order valence-corrected chi connectivity index (χ0v) is 13.3. The minimum atomic E-state index is -0.595. The van der Waals surface area contributed by atoms with Gasteiger partial charge in [0.2, 0.25) is 0 Å². The van der Waals surface area contributed by atoms with Crippen LogP contribution in [-0.4, -0.2) is 42.4 Å². The second kappa shape index (κ2) is 7.89. The monoisotopic (exact) mass is 327 g/mol. The molecule has 2 rings (SSSR count). The van der Waals surface area contributed by atoms with Crippen LogP contribution in [0.3, 0.4) is 0 Å². The minimum Gasteiger partial charge on any atom is -0.496 e. The highest BCUT2D eigenvalue weighted by atomic mass is 16.5. The Labute approximate surface area is 139 Å². The number of carbonyl (C=O) groups excluding carboxylic acids is 2. The van der Waals surface area contributed by atoms with Crippen LogP contribution < -0.4 is 10.2 Å². The number of ether oxygens (including phenoxy) is 1. The third-order valence-corrected chi connectivity index (χ3v) is 3.29. The van der Waals surface area contributed by atoms with Gasteiger partial charge in [0.25, 0.3) is 11.8 Å². The molecule has 0 unspecified atom stereocenters. The molecule has 0 spiro atoms. The number of methoxy groups -OCH3 is 1. The standard InChI is InChI=1S/C17H17N3O4/c1-20(17(22)14-5-3-4-6-15(14)24-2)18-11-12-7-9-13(10-8-12)16(21)19-23/h3-11,23H,1-2H3,(H,19,21)/b18-11+. The molecule has 24 heavy (non-hydrogen) atoms. The van der Waals surface area contributed by atoms with Gasteiger partial charge in [-0.15, -0.1) is 0 Å². The molecular formula is C17H17N3O4. The van der Waals surface area contributed by atoms with E-state index in [0.717, 1.165) is 0 Å². The molecule has 0 saturated carbocycles. The van der Waals surface area contributed by atoms with Crippen molar-refractivity contribution < 1.29 is 19.5 Å². The maximum Gasteiger partial charge on any atom is 0.277 e. The Kier molecular flexibility index (Phi) is 5.64. The Morgan fingerprint density at radius 1 is 1.17 bits per heavy atom. The summed E-state index contributed by atoms with van der Waals surface area (Å²) in [5.74, 6) is -0.425. The summed E-state index contributed by atoms with van der Waals surface area (Å²) >= 11 is 0. The van der Waals surface area contributed by atoms with Crippen molar-refractivity contribution >= 4 is 18.0 Å². The number of amides is 2. The van der Waals surface area contributed by atoms with E-state index < -0.39 is 5.91 Å². The van der Waals surface area contributed by atoms with Gasteiger partial charge in [0, 0.05) is 12.6 Å². The molecule has 0 bridgehead atoms. The smallest absolute Gasteiger partial charge is 0.277 e. The number of para-hydroxylation sites is 1. The van der Waals surface area contributed by atoms with Crippen molar-refractivity contribution in [2.45, 2.75) is 0 Å². The van der Waals surface area contributed by atoms with E-state index in [0.29, 0.717) is 22.4 Å². The number of hydrazone groups is 1. The summed E-state index contributed by atoms with van der Waals surface area (Å²) < 4.78 is 5.17. The fourth-order valence-corrected chi connectivity index (χ4v) is 1.99. The summed E-state index contributed by atoms with van der Waals surface area (Å²) in [4.78, 5) is 23.6. The molecule has 0 heterocycles. The zero-order valence-electron chi connectivity index (χ0n) is 13.3. The van der Waals surface area contributed by atoms with Gasteiger partial charge >= 0.3 is 0 Å². The van der Waals surface area contributed by atoms with Crippen LogP contribution in [0.5, 0.6) is 5.75 Å². The van der Waals surface area contributed by atoms with Gasteiger partial charge in [0.15, 0.2) is 0 Å². The van der Waals surface area contributed by atoms with Crippen LogP contribution in [-0.2, 0) is 0 Å². The second-order valence-corrected chi connectivity index (χ2v) is 4.84. The Morgan fingerprint density at radius 3 is 2.46 bits per heavy atom. The molecule has 2 N–H and O–H groups in total. The third kappa shape index (κ3) is 3.96. The van der Waals surface area contributed by atoms with E-state index in [-0.39, 0.29) is 5.91 Å². The molecule has 2 amide bonds. The van der Waals surface area contributed by atoms with Gasteiger partial charge in [0.05, 0.1) is 18.9 Å². The van der Waals surface area contributed by atoms with Crippen molar-refractivity contribution in [2.75, 3.05) is 14.2 Å². The van der Waals surface area contributed by atoms with E-state index in [1.165, 1.54) is 30.5 Å². The summed E-state index contributed by atoms with van der Waals surface area (Å²) in [6.07, 6.45) is 1.49. The Morgan fingerprint density at radius 2 is 1.83 bits per heavy atom. The molecule has 0 atom stereocenters. The van der Waals surface area contributed by atoms with Gasteiger partial charge in [-0.25, -0.2) is 10.5 Å². The van der Waals surface area contributed by atoms with E-state index in [9.17, 15) is 9.59 Å². The molecule has 0 fully saturated rings. The number of hydrogen-bond acceptors (Lipinski definition) is 5. The number of nitrogens with zero attached hydrogens (tertiary/aromatic N) is 2. The van der Waals surface area contributed by atoms with Crippen molar-refractivity contribution in [2.24, 2.45) is 5.10 Å². The molecule has 7 nitrogen and oxygen atoms in total. The number of benzene rings is 2. The first kappa shape index (κ1) is 17.2. The maximum absolute atomic E-state index is 12.4. The molecular weight excluding hydrogens is 310 g/mol. The molecule has 7 heteroatoms. The molecule has 0 aliphatic heterocycles. The van der Waals surface area contributed by atoms with Crippen LogP contribution in [0.1, 0.15) is 26.3 Å². The maximum atomic E-state index is 12.4. The fraction of sp³-hybridized carbons (Fsp3) is 0.118. The topological polar surface area (TPSA) is 91.2 Å².